The molecule has 1 aromatic carbocycles. The maximum absolute atomic E-state index is 11.7. The van der Waals surface area contributed by atoms with Crippen LogP contribution in [0.5, 0.6) is 0 Å². The van der Waals surface area contributed by atoms with Crippen molar-refractivity contribution < 1.29 is 13.2 Å². The van der Waals surface area contributed by atoms with E-state index in [0.717, 1.165) is 0 Å². The number of nitrogens with one attached hydrogen (secondary N) is 1. The molecule has 0 aliphatic heterocycles. The normalized spacial score (nSPS) is 11.3. The fraction of sp³-hybridized carbons (Fsp3) is 0.182. The lowest BCUT2D eigenvalue weighted by Gasteiger charge is -2.08. The van der Waals surface area contributed by atoms with Gasteiger partial charge in [-0.05, 0) is 24.6 Å². The topological polar surface area (TPSA) is 120 Å². The van der Waals surface area contributed by atoms with Crippen LogP contribution in [0.15, 0.2) is 35.5 Å². The summed E-state index contributed by atoms with van der Waals surface area (Å²) >= 11 is 0. The van der Waals surface area contributed by atoms with E-state index in [1.807, 2.05) is 0 Å². The lowest BCUT2D eigenvalue weighted by molar-refractivity contribution is -0.116. The average molecular weight is 295 g/mol. The molecule has 20 heavy (non-hydrogen) atoms. The van der Waals surface area contributed by atoms with Crippen LogP contribution >= 0.6 is 0 Å². The molecule has 2 rings (SSSR count). The molecule has 0 unspecified atom stereocenters. The third kappa shape index (κ3) is 3.39. The lowest BCUT2D eigenvalue weighted by atomic mass is 10.2. The zero-order valence-corrected chi connectivity index (χ0v) is 11.5. The van der Waals surface area contributed by atoms with Crippen molar-refractivity contribution in [3.8, 4) is 0 Å². The predicted molar refractivity (Wildman–Crippen MR) is 71.2 cm³/mol. The average Bonchev–Trinajstić information content (AvgIpc) is 2.83. The number of primary sulfonamides is 1. The third-order valence-corrected chi connectivity index (χ3v) is 3.61. The Bertz CT molecular complexity index is 725. The van der Waals surface area contributed by atoms with Crippen molar-refractivity contribution in [2.45, 2.75) is 18.4 Å². The summed E-state index contributed by atoms with van der Waals surface area (Å²) in [6.45, 7) is 1.61. The minimum absolute atomic E-state index is 0.0153. The number of nitrogens with zero attached hydrogens (tertiary/aromatic N) is 3. The molecule has 0 fully saturated rings. The van der Waals surface area contributed by atoms with Crippen molar-refractivity contribution in [1.29, 1.82) is 0 Å². The third-order valence-electron chi connectivity index (χ3n) is 2.56. The first kappa shape index (κ1) is 14.2. The van der Waals surface area contributed by atoms with Crippen LogP contribution in [0.25, 0.3) is 0 Å². The predicted octanol–water partition coefficient (Wildman–Crippen LogP) is -0.127. The zero-order valence-electron chi connectivity index (χ0n) is 10.6. The summed E-state index contributed by atoms with van der Waals surface area (Å²) in [7, 11) is -3.82. The molecule has 0 aliphatic rings. The second kappa shape index (κ2) is 5.39. The van der Waals surface area contributed by atoms with E-state index < -0.39 is 10.0 Å². The molecule has 1 amide bonds. The maximum Gasteiger partial charge on any atom is 0.246 e. The van der Waals surface area contributed by atoms with Crippen molar-refractivity contribution in [3.63, 3.8) is 0 Å². The standard InChI is InChI=1S/C11H13N5O3S/c1-8-2-3-9(6-10(8)20(12,18)19)14-11(17)7-16-5-4-13-15-16/h2-6H,7H2,1H3,(H,14,17)(H2,12,18,19). The van der Waals surface area contributed by atoms with Gasteiger partial charge in [-0.1, -0.05) is 11.3 Å². The number of aryl methyl sites for hydroxylation is 1. The molecule has 0 saturated heterocycles. The quantitative estimate of drug-likeness (QED) is 0.814. The van der Waals surface area contributed by atoms with E-state index in [-0.39, 0.29) is 17.3 Å². The van der Waals surface area contributed by atoms with E-state index in [9.17, 15) is 13.2 Å². The monoisotopic (exact) mass is 295 g/mol. The minimum atomic E-state index is -3.82. The summed E-state index contributed by atoms with van der Waals surface area (Å²) in [4.78, 5) is 11.7. The molecule has 106 valence electrons. The Balaban J connectivity index is 2.16. The highest BCUT2D eigenvalue weighted by Gasteiger charge is 2.13. The van der Waals surface area contributed by atoms with Crippen LogP contribution in [0.2, 0.25) is 0 Å². The second-order valence-electron chi connectivity index (χ2n) is 4.17. The Morgan fingerprint density at radius 2 is 2.20 bits per heavy atom. The SMILES string of the molecule is Cc1ccc(NC(=O)Cn2ccnn2)cc1S(N)(=O)=O. The molecule has 2 aromatic rings. The van der Waals surface area contributed by atoms with Gasteiger partial charge in [-0.15, -0.1) is 5.10 Å². The first-order chi connectivity index (χ1) is 9.36. The van der Waals surface area contributed by atoms with Crippen LogP contribution < -0.4 is 10.5 Å². The van der Waals surface area contributed by atoms with Gasteiger partial charge in [-0.2, -0.15) is 0 Å². The zero-order chi connectivity index (χ0) is 14.8. The molecule has 0 spiro atoms. The van der Waals surface area contributed by atoms with Crippen molar-refractivity contribution >= 4 is 21.6 Å². The van der Waals surface area contributed by atoms with Crippen LogP contribution in [0, 0.1) is 6.92 Å². The van der Waals surface area contributed by atoms with Gasteiger partial charge in [0.05, 0.1) is 11.1 Å². The van der Waals surface area contributed by atoms with Crippen LogP contribution in [0.4, 0.5) is 5.69 Å². The van der Waals surface area contributed by atoms with Gasteiger partial charge in [0.1, 0.15) is 6.54 Å². The summed E-state index contributed by atoms with van der Waals surface area (Å²) in [5.41, 5.74) is 0.867. The van der Waals surface area contributed by atoms with Crippen molar-refractivity contribution in [1.82, 2.24) is 15.0 Å². The number of nitrogens with two attached hydrogens (primary N) is 1. The number of sulfonamides is 1. The molecule has 9 heteroatoms. The van der Waals surface area contributed by atoms with Crippen LogP contribution in [-0.2, 0) is 21.4 Å². The minimum Gasteiger partial charge on any atom is -0.324 e. The molecule has 0 radical (unpaired) electrons. The molecule has 3 N–H and O–H groups in total. The lowest BCUT2D eigenvalue weighted by Crippen LogP contribution is -2.20. The fourth-order valence-corrected chi connectivity index (χ4v) is 2.46. The van der Waals surface area contributed by atoms with Crippen LogP contribution in [-0.4, -0.2) is 29.3 Å². The Morgan fingerprint density at radius 1 is 1.45 bits per heavy atom. The van der Waals surface area contributed by atoms with E-state index in [2.05, 4.69) is 15.6 Å². The van der Waals surface area contributed by atoms with Crippen molar-refractivity contribution in [2.24, 2.45) is 5.14 Å². The van der Waals surface area contributed by atoms with E-state index >= 15 is 0 Å². The second-order valence-corrected chi connectivity index (χ2v) is 5.70. The van der Waals surface area contributed by atoms with Gasteiger partial charge in [0.2, 0.25) is 15.9 Å². The Labute approximate surface area is 115 Å². The number of carbonyl (C=O) groups excluding carboxylic acids is 1. The van der Waals surface area contributed by atoms with E-state index in [1.54, 1.807) is 25.3 Å². The number of anilines is 1. The highest BCUT2D eigenvalue weighted by atomic mass is 32.2. The number of rotatable bonds is 4. The highest BCUT2D eigenvalue weighted by molar-refractivity contribution is 7.89. The van der Waals surface area contributed by atoms with Gasteiger partial charge in [0.25, 0.3) is 0 Å². The van der Waals surface area contributed by atoms with Gasteiger partial charge < -0.3 is 5.32 Å². The number of benzene rings is 1. The van der Waals surface area contributed by atoms with Crippen molar-refractivity contribution in [3.05, 3.63) is 36.2 Å². The van der Waals surface area contributed by atoms with Gasteiger partial charge in [0.15, 0.2) is 0 Å². The Kier molecular flexibility index (Phi) is 3.81. The Hall–Kier alpha value is -2.26. The first-order valence-corrected chi connectivity index (χ1v) is 7.18. The molecule has 1 heterocycles. The summed E-state index contributed by atoms with van der Waals surface area (Å²) in [5, 5.41) is 14.9. The molecule has 0 saturated carbocycles. The summed E-state index contributed by atoms with van der Waals surface area (Å²) < 4.78 is 24.1. The fourth-order valence-electron chi connectivity index (χ4n) is 1.65. The van der Waals surface area contributed by atoms with E-state index in [4.69, 9.17) is 5.14 Å². The summed E-state index contributed by atoms with van der Waals surface area (Å²) in [5.74, 6) is -0.347. The van der Waals surface area contributed by atoms with Gasteiger partial charge in [-0.25, -0.2) is 18.2 Å². The number of carbonyl (C=O) groups is 1. The molecule has 1 aromatic heterocycles. The molecule has 8 nitrogen and oxygen atoms in total. The number of amides is 1. The van der Waals surface area contributed by atoms with Gasteiger partial charge in [-0.3, -0.25) is 4.79 Å². The number of hydrogen-bond acceptors (Lipinski definition) is 5. The number of aromatic nitrogens is 3. The van der Waals surface area contributed by atoms with E-state index in [0.29, 0.717) is 11.3 Å². The largest absolute Gasteiger partial charge is 0.324 e. The van der Waals surface area contributed by atoms with E-state index in [1.165, 1.54) is 16.9 Å². The van der Waals surface area contributed by atoms with Gasteiger partial charge in [0, 0.05) is 11.9 Å². The number of hydrogen-bond donors (Lipinski definition) is 2. The molecular formula is C11H13N5O3S. The molecule has 0 aliphatic carbocycles. The van der Waals surface area contributed by atoms with Crippen LogP contribution in [0.1, 0.15) is 5.56 Å². The smallest absolute Gasteiger partial charge is 0.246 e. The van der Waals surface area contributed by atoms with Crippen LogP contribution in [0.3, 0.4) is 0 Å². The van der Waals surface area contributed by atoms with Crippen molar-refractivity contribution in [2.75, 3.05) is 5.32 Å². The highest BCUT2D eigenvalue weighted by Crippen LogP contribution is 2.18. The van der Waals surface area contributed by atoms with Gasteiger partial charge >= 0.3 is 0 Å². The summed E-state index contributed by atoms with van der Waals surface area (Å²) in [6.07, 6.45) is 3.00. The molecule has 0 atom stereocenters. The molecule has 0 bridgehead atoms. The Morgan fingerprint density at radius 3 is 2.80 bits per heavy atom. The summed E-state index contributed by atoms with van der Waals surface area (Å²) in [6, 6.07) is 4.50. The first-order valence-electron chi connectivity index (χ1n) is 5.63. The molecular weight excluding hydrogens is 282 g/mol. The maximum atomic E-state index is 11.7.